The van der Waals surface area contributed by atoms with Crippen molar-refractivity contribution in [1.29, 1.82) is 0 Å². The number of halogens is 3. The average Bonchev–Trinajstić information content (AvgIpc) is 2.75. The fourth-order valence-electron chi connectivity index (χ4n) is 3.17. The summed E-state index contributed by atoms with van der Waals surface area (Å²) in [4.78, 5) is 14.2. The zero-order valence-electron chi connectivity index (χ0n) is 10.5. The van der Waals surface area contributed by atoms with Crippen molar-refractivity contribution in [1.82, 2.24) is 4.90 Å². The second-order valence-corrected chi connectivity index (χ2v) is 6.25. The van der Waals surface area contributed by atoms with E-state index in [1.54, 1.807) is 0 Å². The summed E-state index contributed by atoms with van der Waals surface area (Å²) < 4.78 is 26.7. The molecule has 2 nitrogen and oxygen atoms in total. The van der Waals surface area contributed by atoms with Gasteiger partial charge in [0.25, 0.3) is 0 Å². The van der Waals surface area contributed by atoms with Crippen molar-refractivity contribution < 1.29 is 13.6 Å². The standard InChI is InChI=1S/C13H20BrF2NO/c14-7-5-11-4-2-8-17(11)12(18)10-3-1-6-13(15,16)9-10/h10-11H,1-9H2. The van der Waals surface area contributed by atoms with E-state index in [1.807, 2.05) is 4.90 Å². The molecule has 1 saturated carbocycles. The fourth-order valence-corrected chi connectivity index (χ4v) is 3.70. The van der Waals surface area contributed by atoms with E-state index >= 15 is 0 Å². The Morgan fingerprint density at radius 3 is 2.78 bits per heavy atom. The number of amides is 1. The van der Waals surface area contributed by atoms with E-state index in [4.69, 9.17) is 0 Å². The minimum atomic E-state index is -2.64. The predicted molar refractivity (Wildman–Crippen MR) is 70.1 cm³/mol. The van der Waals surface area contributed by atoms with E-state index in [0.717, 1.165) is 31.1 Å². The summed E-state index contributed by atoms with van der Waals surface area (Å²) in [7, 11) is 0. The smallest absolute Gasteiger partial charge is 0.248 e. The van der Waals surface area contributed by atoms with E-state index in [2.05, 4.69) is 15.9 Å². The molecule has 1 amide bonds. The first kappa shape index (κ1) is 14.2. The highest BCUT2D eigenvalue weighted by molar-refractivity contribution is 9.09. The second kappa shape index (κ2) is 5.85. The molecule has 0 aromatic carbocycles. The van der Waals surface area contributed by atoms with Gasteiger partial charge >= 0.3 is 0 Å². The van der Waals surface area contributed by atoms with Gasteiger partial charge in [-0.2, -0.15) is 0 Å². The molecule has 104 valence electrons. The quantitative estimate of drug-likeness (QED) is 0.727. The highest BCUT2D eigenvalue weighted by Crippen LogP contribution is 2.38. The Hall–Kier alpha value is -0.190. The molecule has 0 spiro atoms. The van der Waals surface area contributed by atoms with Crippen LogP contribution in [0.2, 0.25) is 0 Å². The molecule has 1 heterocycles. The number of carbonyl (C=O) groups is 1. The van der Waals surface area contributed by atoms with Crippen molar-refractivity contribution in [2.75, 3.05) is 11.9 Å². The van der Waals surface area contributed by atoms with Crippen molar-refractivity contribution in [3.63, 3.8) is 0 Å². The third-order valence-corrected chi connectivity index (χ3v) is 4.55. The molecule has 18 heavy (non-hydrogen) atoms. The Bertz CT molecular complexity index is 311. The van der Waals surface area contributed by atoms with E-state index in [-0.39, 0.29) is 24.8 Å². The number of nitrogens with zero attached hydrogens (tertiary/aromatic N) is 1. The van der Waals surface area contributed by atoms with Crippen molar-refractivity contribution in [3.05, 3.63) is 0 Å². The first-order chi connectivity index (χ1) is 8.53. The first-order valence-electron chi connectivity index (χ1n) is 6.78. The minimum absolute atomic E-state index is 0.0298. The molecule has 0 bridgehead atoms. The Labute approximate surface area is 115 Å². The van der Waals surface area contributed by atoms with Gasteiger partial charge in [0, 0.05) is 36.7 Å². The Morgan fingerprint density at radius 1 is 1.33 bits per heavy atom. The lowest BCUT2D eigenvalue weighted by Crippen LogP contribution is -2.43. The van der Waals surface area contributed by atoms with Gasteiger partial charge in [0.1, 0.15) is 0 Å². The Morgan fingerprint density at radius 2 is 2.11 bits per heavy atom. The van der Waals surface area contributed by atoms with E-state index in [9.17, 15) is 13.6 Å². The zero-order valence-corrected chi connectivity index (χ0v) is 12.1. The maximum absolute atomic E-state index is 13.4. The SMILES string of the molecule is O=C(C1CCCC(F)(F)C1)N1CCCC1CCBr. The molecule has 2 atom stereocenters. The highest BCUT2D eigenvalue weighted by atomic mass is 79.9. The molecule has 2 fully saturated rings. The lowest BCUT2D eigenvalue weighted by molar-refractivity contribution is -0.143. The van der Waals surface area contributed by atoms with Crippen LogP contribution in [0.5, 0.6) is 0 Å². The third kappa shape index (κ3) is 3.22. The molecule has 2 unspecified atom stereocenters. The van der Waals surface area contributed by atoms with Gasteiger partial charge in [-0.3, -0.25) is 4.79 Å². The van der Waals surface area contributed by atoms with Crippen molar-refractivity contribution >= 4 is 21.8 Å². The summed E-state index contributed by atoms with van der Waals surface area (Å²) in [6.07, 6.45) is 3.75. The largest absolute Gasteiger partial charge is 0.339 e. The van der Waals surface area contributed by atoms with E-state index < -0.39 is 11.8 Å². The molecular weight excluding hydrogens is 304 g/mol. The maximum Gasteiger partial charge on any atom is 0.248 e. The van der Waals surface area contributed by atoms with E-state index in [0.29, 0.717) is 12.8 Å². The van der Waals surface area contributed by atoms with Crippen LogP contribution >= 0.6 is 15.9 Å². The van der Waals surface area contributed by atoms with Crippen molar-refractivity contribution in [2.24, 2.45) is 5.92 Å². The summed E-state index contributed by atoms with van der Waals surface area (Å²) in [6.45, 7) is 0.749. The second-order valence-electron chi connectivity index (χ2n) is 5.45. The number of hydrogen-bond acceptors (Lipinski definition) is 1. The molecule has 2 aliphatic rings. The molecule has 0 N–H and O–H groups in total. The number of rotatable bonds is 3. The van der Waals surface area contributed by atoms with Gasteiger partial charge in [-0.1, -0.05) is 15.9 Å². The molecule has 2 rings (SSSR count). The summed E-state index contributed by atoms with van der Waals surface area (Å²) >= 11 is 3.39. The van der Waals surface area contributed by atoms with Crippen LogP contribution in [-0.2, 0) is 4.79 Å². The van der Waals surface area contributed by atoms with Crippen LogP contribution in [-0.4, -0.2) is 34.6 Å². The molecule has 5 heteroatoms. The monoisotopic (exact) mass is 323 g/mol. The number of alkyl halides is 3. The van der Waals surface area contributed by atoms with Crippen LogP contribution in [0.3, 0.4) is 0 Å². The van der Waals surface area contributed by atoms with Crippen LogP contribution in [0.4, 0.5) is 8.78 Å². The van der Waals surface area contributed by atoms with Crippen LogP contribution in [0.25, 0.3) is 0 Å². The highest BCUT2D eigenvalue weighted by Gasteiger charge is 2.42. The predicted octanol–water partition coefficient (Wildman–Crippen LogP) is 3.59. The summed E-state index contributed by atoms with van der Waals surface area (Å²) in [5.41, 5.74) is 0. The molecule has 1 saturated heterocycles. The molecule has 0 aromatic heterocycles. The normalized spacial score (nSPS) is 31.6. The van der Waals surface area contributed by atoms with Crippen molar-refractivity contribution in [3.8, 4) is 0 Å². The van der Waals surface area contributed by atoms with Crippen molar-refractivity contribution in [2.45, 2.75) is 56.9 Å². The van der Waals surface area contributed by atoms with Gasteiger partial charge in [0.15, 0.2) is 0 Å². The lowest BCUT2D eigenvalue weighted by Gasteiger charge is -2.33. The number of carbonyl (C=O) groups excluding carboxylic acids is 1. The van der Waals surface area contributed by atoms with Crippen LogP contribution in [0, 0.1) is 5.92 Å². The Balaban J connectivity index is 1.97. The van der Waals surface area contributed by atoms with Gasteiger partial charge in [0.2, 0.25) is 11.8 Å². The average molecular weight is 324 g/mol. The van der Waals surface area contributed by atoms with Gasteiger partial charge in [-0.05, 0) is 32.1 Å². The molecular formula is C13H20BrF2NO. The zero-order chi connectivity index (χ0) is 13.2. The summed E-state index contributed by atoms with van der Waals surface area (Å²) in [6, 6.07) is 0.257. The minimum Gasteiger partial charge on any atom is -0.339 e. The number of hydrogen-bond donors (Lipinski definition) is 0. The van der Waals surface area contributed by atoms with Gasteiger partial charge in [-0.25, -0.2) is 8.78 Å². The third-order valence-electron chi connectivity index (χ3n) is 4.09. The molecule has 1 aliphatic carbocycles. The first-order valence-corrected chi connectivity index (χ1v) is 7.90. The maximum atomic E-state index is 13.4. The lowest BCUT2D eigenvalue weighted by atomic mass is 9.85. The fraction of sp³-hybridized carbons (Fsp3) is 0.923. The number of likely N-dealkylation sites (tertiary alicyclic amines) is 1. The van der Waals surface area contributed by atoms with E-state index in [1.165, 1.54) is 0 Å². The van der Waals surface area contributed by atoms with Gasteiger partial charge in [0.05, 0.1) is 0 Å². The molecule has 0 aromatic rings. The van der Waals surface area contributed by atoms with Crippen LogP contribution < -0.4 is 0 Å². The topological polar surface area (TPSA) is 20.3 Å². The van der Waals surface area contributed by atoms with Crippen LogP contribution in [0.15, 0.2) is 0 Å². The molecule has 1 aliphatic heterocycles. The summed E-state index contributed by atoms with van der Waals surface area (Å²) in [5, 5.41) is 0.863. The van der Waals surface area contributed by atoms with Gasteiger partial charge in [-0.15, -0.1) is 0 Å². The van der Waals surface area contributed by atoms with Gasteiger partial charge < -0.3 is 4.90 Å². The summed E-state index contributed by atoms with van der Waals surface area (Å²) in [5.74, 6) is -3.12. The van der Waals surface area contributed by atoms with Crippen LogP contribution in [0.1, 0.15) is 44.9 Å². The Kier molecular flexibility index (Phi) is 4.62. The molecule has 0 radical (unpaired) electrons.